The van der Waals surface area contributed by atoms with E-state index in [4.69, 9.17) is 14.6 Å². The van der Waals surface area contributed by atoms with Crippen LogP contribution in [0.2, 0.25) is 0 Å². The second-order valence-electron chi connectivity index (χ2n) is 5.16. The molecule has 2 N–H and O–H groups in total. The molecule has 1 aromatic carbocycles. The molecule has 8 heteroatoms. The minimum absolute atomic E-state index is 0.145. The zero-order valence-corrected chi connectivity index (χ0v) is 13.4. The molecule has 8 nitrogen and oxygen atoms in total. The number of aliphatic hydroxyl groups excluding tert-OH is 1. The van der Waals surface area contributed by atoms with Crippen molar-refractivity contribution in [2.24, 2.45) is 0 Å². The van der Waals surface area contributed by atoms with Crippen molar-refractivity contribution in [2.75, 3.05) is 20.8 Å². The van der Waals surface area contributed by atoms with Crippen molar-refractivity contribution in [3.63, 3.8) is 0 Å². The molecule has 0 radical (unpaired) electrons. The van der Waals surface area contributed by atoms with Gasteiger partial charge in [-0.05, 0) is 24.6 Å². The summed E-state index contributed by atoms with van der Waals surface area (Å²) in [5, 5.41) is 19.0. The summed E-state index contributed by atoms with van der Waals surface area (Å²) in [6.45, 7) is 0.551. The second-order valence-corrected chi connectivity index (χ2v) is 5.16. The van der Waals surface area contributed by atoms with Gasteiger partial charge < -0.3 is 24.6 Å². The third kappa shape index (κ3) is 2.90. The monoisotopic (exact) mass is 335 g/mol. The van der Waals surface area contributed by atoms with Crippen LogP contribution in [0.4, 0.5) is 0 Å². The van der Waals surface area contributed by atoms with E-state index >= 15 is 0 Å². The number of benzene rings is 1. The highest BCUT2D eigenvalue weighted by atomic mass is 16.5. The summed E-state index contributed by atoms with van der Waals surface area (Å²) < 4.78 is 10.3. The Kier molecular flexibility index (Phi) is 4.77. The Labute approximate surface area is 137 Å². The fourth-order valence-electron chi connectivity index (χ4n) is 2.69. The molecule has 0 fully saturated rings. The van der Waals surface area contributed by atoms with Gasteiger partial charge in [0.1, 0.15) is 6.54 Å². The second kappa shape index (κ2) is 6.61. The highest BCUT2D eigenvalue weighted by Gasteiger charge is 2.43. The van der Waals surface area contributed by atoms with Crippen LogP contribution in [0.1, 0.15) is 18.5 Å². The van der Waals surface area contributed by atoms with E-state index in [-0.39, 0.29) is 5.57 Å². The van der Waals surface area contributed by atoms with E-state index in [2.05, 4.69) is 0 Å². The summed E-state index contributed by atoms with van der Waals surface area (Å²) >= 11 is 0. The molecule has 1 heterocycles. The van der Waals surface area contributed by atoms with Crippen molar-refractivity contribution in [3.05, 3.63) is 35.1 Å². The number of carboxylic acid groups (broad SMARTS) is 1. The summed E-state index contributed by atoms with van der Waals surface area (Å²) in [6, 6.07) is 3.68. The maximum atomic E-state index is 12.2. The summed E-state index contributed by atoms with van der Waals surface area (Å²) in [4.78, 5) is 36.0. The van der Waals surface area contributed by atoms with Gasteiger partial charge in [-0.3, -0.25) is 14.4 Å². The molecule has 1 atom stereocenters. The number of amides is 1. The van der Waals surface area contributed by atoms with E-state index in [1.807, 2.05) is 0 Å². The predicted molar refractivity (Wildman–Crippen MR) is 82.0 cm³/mol. The maximum Gasteiger partial charge on any atom is 0.323 e. The van der Waals surface area contributed by atoms with Gasteiger partial charge in [-0.15, -0.1) is 0 Å². The first-order chi connectivity index (χ1) is 11.3. The molecule has 0 saturated heterocycles. The lowest BCUT2D eigenvalue weighted by molar-refractivity contribution is -0.144. The van der Waals surface area contributed by atoms with Crippen molar-refractivity contribution in [2.45, 2.75) is 13.0 Å². The number of rotatable bonds is 6. The summed E-state index contributed by atoms with van der Waals surface area (Å²) in [5.74, 6) is -2.62. The first kappa shape index (κ1) is 17.3. The topological polar surface area (TPSA) is 113 Å². The number of nitrogens with zero attached hydrogens (tertiary/aromatic N) is 1. The number of carboxylic acids is 1. The van der Waals surface area contributed by atoms with Crippen molar-refractivity contribution >= 4 is 17.7 Å². The van der Waals surface area contributed by atoms with E-state index in [9.17, 15) is 19.5 Å². The van der Waals surface area contributed by atoms with Gasteiger partial charge >= 0.3 is 5.97 Å². The minimum atomic E-state index is -1.26. The number of aliphatic hydroxyl groups is 1. The Hall–Kier alpha value is -3.03. The van der Waals surface area contributed by atoms with Crippen LogP contribution < -0.4 is 9.47 Å². The lowest BCUT2D eigenvalue weighted by atomic mass is 9.96. The Bertz CT molecular complexity index is 738. The zero-order valence-electron chi connectivity index (χ0n) is 13.4. The van der Waals surface area contributed by atoms with Crippen LogP contribution >= 0.6 is 0 Å². The van der Waals surface area contributed by atoms with Crippen LogP contribution in [-0.2, 0) is 14.4 Å². The van der Waals surface area contributed by atoms with Crippen LogP contribution in [-0.4, -0.2) is 53.5 Å². The third-order valence-electron chi connectivity index (χ3n) is 3.71. The molecule has 2 rings (SSSR count). The van der Waals surface area contributed by atoms with Gasteiger partial charge in [0.2, 0.25) is 0 Å². The average Bonchev–Trinajstić information content (AvgIpc) is 2.78. The van der Waals surface area contributed by atoms with Crippen LogP contribution in [0, 0.1) is 0 Å². The van der Waals surface area contributed by atoms with E-state index in [1.165, 1.54) is 27.2 Å². The highest BCUT2D eigenvalue weighted by Crippen LogP contribution is 2.40. The van der Waals surface area contributed by atoms with E-state index in [0.29, 0.717) is 17.1 Å². The molecular formula is C16H17NO7. The van der Waals surface area contributed by atoms with Crippen molar-refractivity contribution in [1.29, 1.82) is 0 Å². The summed E-state index contributed by atoms with van der Waals surface area (Å²) in [7, 11) is 2.88. The molecule has 1 amide bonds. The third-order valence-corrected chi connectivity index (χ3v) is 3.71. The van der Waals surface area contributed by atoms with Crippen LogP contribution in [0.25, 0.3) is 0 Å². The maximum absolute atomic E-state index is 12.2. The van der Waals surface area contributed by atoms with Gasteiger partial charge in [-0.2, -0.15) is 0 Å². The smallest absolute Gasteiger partial charge is 0.323 e. The molecule has 1 aliphatic rings. The number of aliphatic carboxylic acids is 1. The zero-order chi connectivity index (χ0) is 18.0. The van der Waals surface area contributed by atoms with Gasteiger partial charge in [0.15, 0.2) is 23.0 Å². The molecule has 0 spiro atoms. The average molecular weight is 335 g/mol. The minimum Gasteiger partial charge on any atom is -0.503 e. The highest BCUT2D eigenvalue weighted by molar-refractivity contribution is 6.08. The van der Waals surface area contributed by atoms with Crippen molar-refractivity contribution in [3.8, 4) is 11.5 Å². The van der Waals surface area contributed by atoms with E-state index < -0.39 is 36.0 Å². The van der Waals surface area contributed by atoms with Crippen molar-refractivity contribution < 1.29 is 34.1 Å². The number of Topliss-reactive ketones (excluding diaryl/α,β-unsaturated/α-hetero) is 1. The fraction of sp³-hybridized carbons (Fsp3) is 0.312. The number of hydrogen-bond acceptors (Lipinski definition) is 6. The van der Waals surface area contributed by atoms with Crippen LogP contribution in [0.15, 0.2) is 29.5 Å². The Morgan fingerprint density at radius 2 is 1.83 bits per heavy atom. The van der Waals surface area contributed by atoms with Crippen LogP contribution in [0.3, 0.4) is 0 Å². The van der Waals surface area contributed by atoms with Gasteiger partial charge in [0.05, 0.1) is 25.8 Å². The van der Waals surface area contributed by atoms with E-state index in [0.717, 1.165) is 4.90 Å². The number of hydrogen-bond donors (Lipinski definition) is 2. The quantitative estimate of drug-likeness (QED) is 0.799. The number of ether oxygens (including phenoxy) is 2. The SMILES string of the molecule is COc1ccc([C@@H]2C(C(C)=O)=C(O)C(=O)N2CC(=O)O)cc1OC. The molecule has 24 heavy (non-hydrogen) atoms. The summed E-state index contributed by atoms with van der Waals surface area (Å²) in [5.41, 5.74) is 0.282. The van der Waals surface area contributed by atoms with Gasteiger partial charge in [0, 0.05) is 0 Å². The fourth-order valence-corrected chi connectivity index (χ4v) is 2.69. The number of carbonyl (C=O) groups is 3. The lowest BCUT2D eigenvalue weighted by Crippen LogP contribution is -2.35. The largest absolute Gasteiger partial charge is 0.503 e. The normalized spacial score (nSPS) is 17.2. The van der Waals surface area contributed by atoms with Crippen molar-refractivity contribution in [1.82, 2.24) is 4.90 Å². The molecule has 0 aromatic heterocycles. The van der Waals surface area contributed by atoms with Gasteiger partial charge in [-0.25, -0.2) is 0 Å². The molecule has 0 aliphatic carbocycles. The number of ketones is 1. The van der Waals surface area contributed by atoms with E-state index in [1.54, 1.807) is 12.1 Å². The lowest BCUT2D eigenvalue weighted by Gasteiger charge is -2.25. The van der Waals surface area contributed by atoms with Gasteiger partial charge in [0.25, 0.3) is 5.91 Å². The standard InChI is InChI=1S/C16H17NO7/c1-8(18)13-14(17(7-12(19)20)16(22)15(13)21)9-4-5-10(23-2)11(6-9)24-3/h4-6,14,21H,7H2,1-3H3,(H,19,20)/t14-/m1/s1. The predicted octanol–water partition coefficient (Wildman–Crippen LogP) is 1.07. The number of methoxy groups -OCH3 is 2. The number of carbonyl (C=O) groups excluding carboxylic acids is 2. The van der Waals surface area contributed by atoms with Gasteiger partial charge in [-0.1, -0.05) is 6.07 Å². The molecule has 0 unspecified atom stereocenters. The molecule has 1 aliphatic heterocycles. The Morgan fingerprint density at radius 3 is 2.33 bits per heavy atom. The molecule has 0 bridgehead atoms. The Balaban J connectivity index is 2.59. The molecule has 128 valence electrons. The molecular weight excluding hydrogens is 318 g/mol. The molecule has 1 aromatic rings. The van der Waals surface area contributed by atoms with Crippen LogP contribution in [0.5, 0.6) is 11.5 Å². The molecule has 0 saturated carbocycles. The first-order valence-corrected chi connectivity index (χ1v) is 7.00. The Morgan fingerprint density at radius 1 is 1.21 bits per heavy atom. The summed E-state index contributed by atoms with van der Waals surface area (Å²) in [6.07, 6.45) is 0. The first-order valence-electron chi connectivity index (χ1n) is 7.00.